The number of piperidine rings is 1. The number of amides is 1. The predicted molar refractivity (Wildman–Crippen MR) is 88.9 cm³/mol. The molecule has 0 bridgehead atoms. The van der Waals surface area contributed by atoms with Crippen molar-refractivity contribution in [3.8, 4) is 0 Å². The minimum atomic E-state index is -3.19. The summed E-state index contributed by atoms with van der Waals surface area (Å²) in [5.41, 5.74) is 0. The van der Waals surface area contributed by atoms with E-state index < -0.39 is 10.0 Å². The average Bonchev–Trinajstić information content (AvgIpc) is 2.89. The second kappa shape index (κ2) is 6.88. The number of nitrogens with zero attached hydrogens (tertiary/aromatic N) is 2. The fourth-order valence-electron chi connectivity index (χ4n) is 3.22. The fourth-order valence-corrected chi connectivity index (χ4v) is 4.79. The number of fused-ring (bicyclic) bond motifs is 1. The van der Waals surface area contributed by atoms with Crippen molar-refractivity contribution in [3.63, 3.8) is 0 Å². The molecular weight excluding hydrogens is 336 g/mol. The molecule has 0 aromatic carbocycles. The minimum absolute atomic E-state index is 0.0669. The van der Waals surface area contributed by atoms with Crippen molar-refractivity contribution in [1.82, 2.24) is 9.21 Å². The number of likely N-dealkylation sites (tertiary alicyclic amines) is 1. The Morgan fingerprint density at radius 2 is 2.22 bits per heavy atom. The molecule has 1 aromatic rings. The Labute approximate surface area is 141 Å². The quantitative estimate of drug-likeness (QED) is 0.802. The van der Waals surface area contributed by atoms with Crippen molar-refractivity contribution in [2.24, 2.45) is 5.92 Å². The highest BCUT2D eigenvalue weighted by atomic mass is 32.2. The summed E-state index contributed by atoms with van der Waals surface area (Å²) in [7, 11) is -3.19. The van der Waals surface area contributed by atoms with Crippen molar-refractivity contribution < 1.29 is 17.9 Å². The summed E-state index contributed by atoms with van der Waals surface area (Å²) in [6, 6.07) is 3.93. The van der Waals surface area contributed by atoms with E-state index in [0.717, 1.165) is 11.3 Å². The van der Waals surface area contributed by atoms with E-state index in [2.05, 4.69) is 0 Å². The topological polar surface area (TPSA) is 66.9 Å². The van der Waals surface area contributed by atoms with Gasteiger partial charge in [0.15, 0.2) is 0 Å². The van der Waals surface area contributed by atoms with E-state index in [1.807, 2.05) is 22.4 Å². The average molecular weight is 358 g/mol. The molecule has 23 heavy (non-hydrogen) atoms. The lowest BCUT2D eigenvalue weighted by molar-refractivity contribution is -0.136. The number of thiophene rings is 1. The van der Waals surface area contributed by atoms with Crippen LogP contribution in [0.1, 0.15) is 11.3 Å². The van der Waals surface area contributed by atoms with Crippen LogP contribution in [0.4, 0.5) is 0 Å². The molecule has 3 rings (SSSR count). The molecule has 0 radical (unpaired) electrons. The zero-order chi connectivity index (χ0) is 16.4. The van der Waals surface area contributed by atoms with E-state index in [4.69, 9.17) is 4.74 Å². The van der Waals surface area contributed by atoms with Gasteiger partial charge >= 0.3 is 0 Å². The molecule has 2 saturated heterocycles. The summed E-state index contributed by atoms with van der Waals surface area (Å²) in [6.07, 6.45) is 2.40. The summed E-state index contributed by atoms with van der Waals surface area (Å²) in [4.78, 5) is 15.3. The lowest BCUT2D eigenvalue weighted by Crippen LogP contribution is -2.49. The summed E-state index contributed by atoms with van der Waals surface area (Å²) in [5, 5.41) is 1.98. The molecule has 128 valence electrons. The van der Waals surface area contributed by atoms with Gasteiger partial charge < -0.3 is 9.64 Å². The van der Waals surface area contributed by atoms with Crippen molar-refractivity contribution in [1.29, 1.82) is 0 Å². The third kappa shape index (κ3) is 4.12. The van der Waals surface area contributed by atoms with Gasteiger partial charge in [-0.25, -0.2) is 8.42 Å². The van der Waals surface area contributed by atoms with Gasteiger partial charge in [0.2, 0.25) is 15.9 Å². The second-order valence-electron chi connectivity index (χ2n) is 6.17. The molecule has 3 heterocycles. The molecule has 2 atom stereocenters. The molecule has 0 unspecified atom stereocenters. The summed E-state index contributed by atoms with van der Waals surface area (Å²) < 4.78 is 30.9. The summed E-state index contributed by atoms with van der Waals surface area (Å²) >= 11 is 1.59. The van der Waals surface area contributed by atoms with Crippen LogP contribution in [-0.4, -0.2) is 68.7 Å². The van der Waals surface area contributed by atoms with Crippen molar-refractivity contribution in [2.75, 3.05) is 39.0 Å². The van der Waals surface area contributed by atoms with E-state index in [-0.39, 0.29) is 17.9 Å². The summed E-state index contributed by atoms with van der Waals surface area (Å²) in [5.74, 6) is 0.289. The van der Waals surface area contributed by atoms with Crippen LogP contribution in [0.2, 0.25) is 0 Å². The van der Waals surface area contributed by atoms with Crippen LogP contribution in [-0.2, 0) is 26.0 Å². The Bertz CT molecular complexity index is 644. The Morgan fingerprint density at radius 3 is 2.91 bits per heavy atom. The standard InChI is InChI=1S/C15H22N2O4S2/c1-23(19,20)17-6-7-21-14-11-16(5-4-12(14)10-17)15(18)9-13-3-2-8-22-13/h2-3,8,12,14H,4-7,9-11H2,1H3/t12-,14-/m0/s1. The maximum Gasteiger partial charge on any atom is 0.227 e. The Balaban J connectivity index is 1.61. The van der Waals surface area contributed by atoms with Crippen LogP contribution in [0.25, 0.3) is 0 Å². The van der Waals surface area contributed by atoms with Crippen molar-refractivity contribution >= 4 is 27.3 Å². The first-order valence-corrected chi connectivity index (χ1v) is 10.5. The van der Waals surface area contributed by atoms with Crippen LogP contribution < -0.4 is 0 Å². The molecule has 8 heteroatoms. The molecule has 0 spiro atoms. The maximum atomic E-state index is 12.4. The molecule has 2 fully saturated rings. The number of hydrogen-bond acceptors (Lipinski definition) is 5. The third-order valence-electron chi connectivity index (χ3n) is 4.53. The molecule has 2 aliphatic rings. The van der Waals surface area contributed by atoms with Crippen LogP contribution in [0.15, 0.2) is 17.5 Å². The summed E-state index contributed by atoms with van der Waals surface area (Å²) in [6.45, 7) is 2.52. The largest absolute Gasteiger partial charge is 0.375 e. The smallest absolute Gasteiger partial charge is 0.227 e. The number of rotatable bonds is 3. The van der Waals surface area contributed by atoms with Crippen LogP contribution >= 0.6 is 11.3 Å². The van der Waals surface area contributed by atoms with Crippen LogP contribution in [0.5, 0.6) is 0 Å². The van der Waals surface area contributed by atoms with Gasteiger partial charge in [-0.15, -0.1) is 11.3 Å². The Kier molecular flexibility index (Phi) is 5.05. The first-order valence-electron chi connectivity index (χ1n) is 7.80. The van der Waals surface area contributed by atoms with Crippen molar-refractivity contribution in [2.45, 2.75) is 18.9 Å². The first-order chi connectivity index (χ1) is 10.9. The van der Waals surface area contributed by atoms with Gasteiger partial charge in [-0.1, -0.05) is 6.07 Å². The molecule has 0 aliphatic carbocycles. The van der Waals surface area contributed by atoms with Gasteiger partial charge in [0, 0.05) is 37.0 Å². The van der Waals surface area contributed by atoms with E-state index in [9.17, 15) is 13.2 Å². The third-order valence-corrected chi connectivity index (χ3v) is 6.68. The molecule has 2 aliphatic heterocycles. The van der Waals surface area contributed by atoms with E-state index in [0.29, 0.717) is 39.2 Å². The van der Waals surface area contributed by atoms with Crippen LogP contribution in [0.3, 0.4) is 0 Å². The Hall–Kier alpha value is -0.960. The van der Waals surface area contributed by atoms with Gasteiger partial charge in [-0.3, -0.25) is 4.79 Å². The van der Waals surface area contributed by atoms with E-state index in [1.54, 1.807) is 11.3 Å². The Morgan fingerprint density at radius 1 is 1.39 bits per heavy atom. The zero-order valence-corrected chi connectivity index (χ0v) is 14.8. The van der Waals surface area contributed by atoms with E-state index >= 15 is 0 Å². The highest BCUT2D eigenvalue weighted by Gasteiger charge is 2.36. The van der Waals surface area contributed by atoms with Crippen LogP contribution in [0, 0.1) is 5.92 Å². The molecule has 0 N–H and O–H groups in total. The molecular formula is C15H22N2O4S2. The first kappa shape index (κ1) is 16.9. The fraction of sp³-hybridized carbons (Fsp3) is 0.667. The zero-order valence-electron chi connectivity index (χ0n) is 13.2. The number of ether oxygens (including phenoxy) is 1. The highest BCUT2D eigenvalue weighted by Crippen LogP contribution is 2.25. The maximum absolute atomic E-state index is 12.4. The number of sulfonamides is 1. The van der Waals surface area contributed by atoms with Crippen molar-refractivity contribution in [3.05, 3.63) is 22.4 Å². The monoisotopic (exact) mass is 358 g/mol. The lowest BCUT2D eigenvalue weighted by atomic mass is 9.93. The molecule has 6 nitrogen and oxygen atoms in total. The minimum Gasteiger partial charge on any atom is -0.375 e. The highest BCUT2D eigenvalue weighted by molar-refractivity contribution is 7.88. The normalized spacial score (nSPS) is 26.6. The van der Waals surface area contributed by atoms with Gasteiger partial charge in [0.05, 0.1) is 25.4 Å². The number of carbonyl (C=O) groups excluding carboxylic acids is 1. The molecule has 1 aromatic heterocycles. The van der Waals surface area contributed by atoms with Gasteiger partial charge in [-0.05, 0) is 17.9 Å². The van der Waals surface area contributed by atoms with Gasteiger partial charge in [0.1, 0.15) is 0 Å². The van der Waals surface area contributed by atoms with Gasteiger partial charge in [-0.2, -0.15) is 4.31 Å². The molecule has 0 saturated carbocycles. The number of carbonyl (C=O) groups is 1. The lowest BCUT2D eigenvalue weighted by Gasteiger charge is -2.37. The molecule has 1 amide bonds. The van der Waals surface area contributed by atoms with E-state index in [1.165, 1.54) is 10.6 Å². The predicted octanol–water partition coefficient (Wildman–Crippen LogP) is 0.800. The SMILES string of the molecule is CS(=O)(=O)N1CCO[C@H]2CN(C(=O)Cc3cccs3)CC[C@H]2C1. The second-order valence-corrected chi connectivity index (χ2v) is 9.19. The number of hydrogen-bond donors (Lipinski definition) is 0. The van der Waals surface area contributed by atoms with Gasteiger partial charge in [0.25, 0.3) is 0 Å².